The number of carbonyl (C=O) groups is 2. The molecule has 0 spiro atoms. The van der Waals surface area contributed by atoms with E-state index in [0.717, 1.165) is 24.0 Å². The number of hydrogen-bond acceptors (Lipinski definition) is 4. The standard InChI is InChI=1S/C21H29N5O2/c1-16-17(7-9-23(16)2)21(28)25-13-11-24(12-14-25)20(27)8-10-26-15-22-18-5-3-4-6-19(18)26/h3-6,15-17H,7-14H2,1-2H3/t16-,17-/m1/s1. The zero-order chi connectivity index (χ0) is 19.7. The molecular weight excluding hydrogens is 354 g/mol. The Morgan fingerprint density at radius 3 is 2.50 bits per heavy atom. The molecular formula is C21H29N5O2. The molecule has 1 aromatic carbocycles. The highest BCUT2D eigenvalue weighted by molar-refractivity contribution is 5.81. The van der Waals surface area contributed by atoms with E-state index in [9.17, 15) is 9.59 Å². The Morgan fingerprint density at radius 2 is 1.79 bits per heavy atom. The molecule has 0 bridgehead atoms. The molecule has 2 aliphatic rings. The average molecular weight is 383 g/mol. The van der Waals surface area contributed by atoms with Crippen LogP contribution >= 0.6 is 0 Å². The van der Waals surface area contributed by atoms with Crippen molar-refractivity contribution in [2.75, 3.05) is 39.8 Å². The summed E-state index contributed by atoms with van der Waals surface area (Å²) < 4.78 is 2.03. The van der Waals surface area contributed by atoms with Gasteiger partial charge < -0.3 is 19.3 Å². The molecule has 2 fully saturated rings. The number of nitrogens with zero attached hydrogens (tertiary/aromatic N) is 5. The lowest BCUT2D eigenvalue weighted by Gasteiger charge is -2.36. The van der Waals surface area contributed by atoms with Crippen LogP contribution in [0.15, 0.2) is 30.6 Å². The van der Waals surface area contributed by atoms with Crippen molar-refractivity contribution < 1.29 is 9.59 Å². The third-order valence-electron chi connectivity index (χ3n) is 6.43. The van der Waals surface area contributed by atoms with Crippen molar-refractivity contribution in [3.63, 3.8) is 0 Å². The van der Waals surface area contributed by atoms with Crippen LogP contribution in [0.25, 0.3) is 11.0 Å². The van der Waals surface area contributed by atoms with Gasteiger partial charge in [0, 0.05) is 45.2 Å². The number of rotatable bonds is 4. The summed E-state index contributed by atoms with van der Waals surface area (Å²) >= 11 is 0. The quantitative estimate of drug-likeness (QED) is 0.802. The second-order valence-electron chi connectivity index (χ2n) is 8.00. The molecule has 150 valence electrons. The fraction of sp³-hybridized carbons (Fsp3) is 0.571. The highest BCUT2D eigenvalue weighted by Gasteiger charge is 2.37. The van der Waals surface area contributed by atoms with Crippen molar-refractivity contribution in [3.05, 3.63) is 30.6 Å². The molecule has 2 atom stereocenters. The van der Waals surface area contributed by atoms with Gasteiger partial charge in [0.15, 0.2) is 0 Å². The summed E-state index contributed by atoms with van der Waals surface area (Å²) in [6, 6.07) is 8.26. The van der Waals surface area contributed by atoms with E-state index in [1.807, 2.05) is 38.6 Å². The maximum absolute atomic E-state index is 12.8. The van der Waals surface area contributed by atoms with Crippen LogP contribution in [0.2, 0.25) is 0 Å². The van der Waals surface area contributed by atoms with Crippen molar-refractivity contribution >= 4 is 22.8 Å². The Kier molecular flexibility index (Phi) is 5.35. The fourth-order valence-corrected chi connectivity index (χ4v) is 4.40. The minimum absolute atomic E-state index is 0.0989. The number of para-hydroxylation sites is 2. The van der Waals surface area contributed by atoms with E-state index in [0.29, 0.717) is 45.2 Å². The van der Waals surface area contributed by atoms with Gasteiger partial charge in [-0.2, -0.15) is 0 Å². The molecule has 3 heterocycles. The van der Waals surface area contributed by atoms with Crippen molar-refractivity contribution in [3.8, 4) is 0 Å². The summed E-state index contributed by atoms with van der Waals surface area (Å²) in [5, 5.41) is 0. The van der Waals surface area contributed by atoms with E-state index < -0.39 is 0 Å². The van der Waals surface area contributed by atoms with Crippen molar-refractivity contribution in [2.24, 2.45) is 5.92 Å². The smallest absolute Gasteiger partial charge is 0.227 e. The Morgan fingerprint density at radius 1 is 1.07 bits per heavy atom. The predicted molar refractivity (Wildman–Crippen MR) is 108 cm³/mol. The van der Waals surface area contributed by atoms with Crippen LogP contribution in [0.4, 0.5) is 0 Å². The summed E-state index contributed by atoms with van der Waals surface area (Å²) in [6.07, 6.45) is 3.20. The maximum Gasteiger partial charge on any atom is 0.227 e. The van der Waals surface area contributed by atoms with Crippen LogP contribution in [0, 0.1) is 5.92 Å². The van der Waals surface area contributed by atoms with E-state index in [1.54, 1.807) is 6.33 Å². The second-order valence-corrected chi connectivity index (χ2v) is 8.00. The number of fused-ring (bicyclic) bond motifs is 1. The van der Waals surface area contributed by atoms with Gasteiger partial charge >= 0.3 is 0 Å². The summed E-state index contributed by atoms with van der Waals surface area (Å²) in [5.41, 5.74) is 2.01. The number of aromatic nitrogens is 2. The molecule has 2 aliphatic heterocycles. The lowest BCUT2D eigenvalue weighted by Crippen LogP contribution is -2.53. The van der Waals surface area contributed by atoms with Crippen LogP contribution in [-0.4, -0.2) is 81.9 Å². The molecule has 2 aromatic rings. The Labute approximate surface area is 165 Å². The number of likely N-dealkylation sites (tertiary alicyclic amines) is 1. The second kappa shape index (κ2) is 7.91. The van der Waals surface area contributed by atoms with Crippen molar-refractivity contribution in [1.82, 2.24) is 24.3 Å². The van der Waals surface area contributed by atoms with Gasteiger partial charge in [0.25, 0.3) is 0 Å². The third-order valence-corrected chi connectivity index (χ3v) is 6.43. The van der Waals surface area contributed by atoms with Crippen molar-refractivity contribution in [1.29, 1.82) is 0 Å². The zero-order valence-corrected chi connectivity index (χ0v) is 16.8. The molecule has 0 unspecified atom stereocenters. The Bertz CT molecular complexity index is 855. The van der Waals surface area contributed by atoms with E-state index in [2.05, 4.69) is 23.9 Å². The summed E-state index contributed by atoms with van der Waals surface area (Å²) in [5.74, 6) is 0.509. The van der Waals surface area contributed by atoms with Crippen LogP contribution < -0.4 is 0 Å². The van der Waals surface area contributed by atoms with Gasteiger partial charge in [-0.3, -0.25) is 9.59 Å². The summed E-state index contributed by atoms with van der Waals surface area (Å²) in [7, 11) is 2.08. The molecule has 2 amide bonds. The van der Waals surface area contributed by atoms with E-state index in [-0.39, 0.29) is 17.7 Å². The highest BCUT2D eigenvalue weighted by Crippen LogP contribution is 2.25. The minimum Gasteiger partial charge on any atom is -0.339 e. The molecule has 28 heavy (non-hydrogen) atoms. The first-order valence-electron chi connectivity index (χ1n) is 10.2. The Balaban J connectivity index is 1.28. The summed E-state index contributed by atoms with van der Waals surface area (Å²) in [4.78, 5) is 35.9. The van der Waals surface area contributed by atoms with E-state index in [4.69, 9.17) is 0 Å². The van der Waals surface area contributed by atoms with Gasteiger partial charge in [-0.05, 0) is 39.1 Å². The largest absolute Gasteiger partial charge is 0.339 e. The lowest BCUT2D eigenvalue weighted by atomic mass is 9.99. The maximum atomic E-state index is 12.8. The molecule has 0 aliphatic carbocycles. The number of aryl methyl sites for hydroxylation is 1. The van der Waals surface area contributed by atoms with Crippen molar-refractivity contribution in [2.45, 2.75) is 32.4 Å². The van der Waals surface area contributed by atoms with Crippen LogP contribution in [0.1, 0.15) is 19.8 Å². The number of carbonyl (C=O) groups excluding carboxylic acids is 2. The van der Waals surface area contributed by atoms with Gasteiger partial charge in [-0.15, -0.1) is 0 Å². The first-order chi connectivity index (χ1) is 13.5. The highest BCUT2D eigenvalue weighted by atomic mass is 16.2. The van der Waals surface area contributed by atoms with Gasteiger partial charge in [-0.25, -0.2) is 4.98 Å². The first-order valence-corrected chi connectivity index (χ1v) is 10.2. The Hall–Kier alpha value is -2.41. The van der Waals surface area contributed by atoms with Crippen LogP contribution in [0.5, 0.6) is 0 Å². The molecule has 7 nitrogen and oxygen atoms in total. The number of benzene rings is 1. The molecule has 4 rings (SSSR count). The number of amides is 2. The normalized spacial score (nSPS) is 23.5. The topological polar surface area (TPSA) is 61.7 Å². The van der Waals surface area contributed by atoms with E-state index >= 15 is 0 Å². The zero-order valence-electron chi connectivity index (χ0n) is 16.8. The van der Waals surface area contributed by atoms with Crippen LogP contribution in [-0.2, 0) is 16.1 Å². The molecule has 1 aromatic heterocycles. The van der Waals surface area contributed by atoms with Crippen LogP contribution in [0.3, 0.4) is 0 Å². The lowest BCUT2D eigenvalue weighted by molar-refractivity contribution is -0.142. The van der Waals surface area contributed by atoms with Gasteiger partial charge in [-0.1, -0.05) is 12.1 Å². The number of hydrogen-bond donors (Lipinski definition) is 0. The minimum atomic E-state index is 0.0989. The average Bonchev–Trinajstić information content (AvgIpc) is 3.29. The third kappa shape index (κ3) is 3.63. The molecule has 0 N–H and O–H groups in total. The first kappa shape index (κ1) is 18.9. The fourth-order valence-electron chi connectivity index (χ4n) is 4.40. The van der Waals surface area contributed by atoms with Gasteiger partial charge in [0.05, 0.1) is 23.3 Å². The number of imidazole rings is 1. The molecule has 0 saturated carbocycles. The van der Waals surface area contributed by atoms with E-state index in [1.165, 1.54) is 0 Å². The predicted octanol–water partition coefficient (Wildman–Crippen LogP) is 1.44. The molecule has 0 radical (unpaired) electrons. The van der Waals surface area contributed by atoms with Gasteiger partial charge in [0.1, 0.15) is 0 Å². The number of piperazine rings is 1. The van der Waals surface area contributed by atoms with Gasteiger partial charge in [0.2, 0.25) is 11.8 Å². The SMILES string of the molecule is C[C@@H]1[C@H](C(=O)N2CCN(C(=O)CCn3cnc4ccccc43)CC2)CCN1C. The summed E-state index contributed by atoms with van der Waals surface area (Å²) in [6.45, 7) is 6.30. The monoisotopic (exact) mass is 383 g/mol. The molecule has 2 saturated heterocycles. The molecule has 7 heteroatoms.